The lowest BCUT2D eigenvalue weighted by Gasteiger charge is -2.22. The lowest BCUT2D eigenvalue weighted by Crippen LogP contribution is -2.44. The van der Waals surface area contributed by atoms with Crippen molar-refractivity contribution in [2.45, 2.75) is 24.9 Å². The predicted octanol–water partition coefficient (Wildman–Crippen LogP) is 4.30. The van der Waals surface area contributed by atoms with Gasteiger partial charge in [0.25, 0.3) is 11.9 Å². The molecule has 0 saturated heterocycles. The van der Waals surface area contributed by atoms with Gasteiger partial charge in [-0.25, -0.2) is 13.2 Å². The Balaban J connectivity index is 2.71. The van der Waals surface area contributed by atoms with Crippen molar-refractivity contribution >= 4 is 17.3 Å². The Morgan fingerprint density at radius 3 is 2.36 bits per heavy atom. The summed E-state index contributed by atoms with van der Waals surface area (Å²) in [5.74, 6) is -4.79. The normalized spacial score (nSPS) is 14.0. The van der Waals surface area contributed by atoms with Crippen molar-refractivity contribution in [2.75, 3.05) is 6.61 Å². The van der Waals surface area contributed by atoms with Crippen molar-refractivity contribution in [3.8, 4) is 0 Å². The van der Waals surface area contributed by atoms with E-state index in [1.54, 1.807) is 0 Å². The van der Waals surface area contributed by atoms with Crippen molar-refractivity contribution in [3.05, 3.63) is 38.9 Å². The molecular weight excluding hydrogens is 344 g/mol. The van der Waals surface area contributed by atoms with E-state index in [0.717, 1.165) is 18.2 Å². The summed E-state index contributed by atoms with van der Waals surface area (Å²) in [4.78, 5) is 9.74. The van der Waals surface area contributed by atoms with Gasteiger partial charge in [0.2, 0.25) is 0 Å². The Labute approximate surface area is 124 Å². The minimum absolute atomic E-state index is 0.0680. The van der Waals surface area contributed by atoms with Crippen LogP contribution in [0.3, 0.4) is 0 Å². The molecule has 1 unspecified atom stereocenters. The number of halogens is 7. The van der Waals surface area contributed by atoms with Crippen LogP contribution in [0.25, 0.3) is 0 Å². The van der Waals surface area contributed by atoms with Gasteiger partial charge in [0, 0.05) is 22.7 Å². The van der Waals surface area contributed by atoms with Crippen LogP contribution in [0, 0.1) is 10.1 Å². The van der Waals surface area contributed by atoms with Gasteiger partial charge in [0.15, 0.2) is 0 Å². The van der Waals surface area contributed by atoms with Crippen molar-refractivity contribution in [2.24, 2.45) is 0 Å². The van der Waals surface area contributed by atoms with E-state index < -0.39 is 42.1 Å². The van der Waals surface area contributed by atoms with E-state index >= 15 is 0 Å². The molecule has 0 heterocycles. The molecule has 0 saturated carbocycles. The molecule has 1 aromatic carbocycles. The van der Waals surface area contributed by atoms with Gasteiger partial charge in [-0.3, -0.25) is 10.1 Å². The Bertz CT molecular complexity index is 551. The van der Waals surface area contributed by atoms with Crippen LogP contribution in [0.1, 0.15) is 5.56 Å². The maximum atomic E-state index is 13.0. The Morgan fingerprint density at radius 1 is 1.27 bits per heavy atom. The fourth-order valence-electron chi connectivity index (χ4n) is 1.39. The number of alkyl halides is 6. The molecule has 0 N–H and O–H groups in total. The average Bonchev–Trinajstić information content (AvgIpc) is 2.38. The smallest absolute Gasteiger partial charge is 0.370 e. The zero-order valence-corrected chi connectivity index (χ0v) is 11.3. The zero-order chi connectivity index (χ0) is 17.1. The van der Waals surface area contributed by atoms with Gasteiger partial charge in [-0.05, 0) is 6.07 Å². The van der Waals surface area contributed by atoms with E-state index in [9.17, 15) is 36.5 Å². The second-order valence-corrected chi connectivity index (χ2v) is 4.60. The van der Waals surface area contributed by atoms with E-state index in [1.165, 1.54) is 0 Å². The molecule has 1 atom stereocenters. The highest BCUT2D eigenvalue weighted by Gasteiger charge is 2.56. The van der Waals surface area contributed by atoms with Crippen LogP contribution in [0.15, 0.2) is 18.2 Å². The molecule has 124 valence electrons. The van der Waals surface area contributed by atoms with Crippen LogP contribution in [0.2, 0.25) is 5.02 Å². The topological polar surface area (TPSA) is 52.4 Å². The number of ether oxygens (including phenoxy) is 1. The predicted molar refractivity (Wildman–Crippen MR) is 63.7 cm³/mol. The van der Waals surface area contributed by atoms with Gasteiger partial charge in [0.1, 0.15) is 6.61 Å². The summed E-state index contributed by atoms with van der Waals surface area (Å²) in [6.07, 6.45) is -10.1. The summed E-state index contributed by atoms with van der Waals surface area (Å²) in [6.45, 7) is -2.59. The van der Waals surface area contributed by atoms with Gasteiger partial charge in [0.05, 0.1) is 11.5 Å². The van der Waals surface area contributed by atoms with Crippen molar-refractivity contribution in [1.82, 2.24) is 0 Å². The fraction of sp³-hybridized carbons (Fsp3) is 0.455. The summed E-state index contributed by atoms with van der Waals surface area (Å²) in [6, 6.07) is 3.06. The molecule has 0 amide bonds. The molecule has 0 aliphatic carbocycles. The van der Waals surface area contributed by atoms with Crippen LogP contribution in [-0.2, 0) is 11.3 Å². The first-order chi connectivity index (χ1) is 9.95. The van der Waals surface area contributed by atoms with Gasteiger partial charge in [-0.2, -0.15) is 13.2 Å². The summed E-state index contributed by atoms with van der Waals surface area (Å²) < 4.78 is 78.5. The molecule has 1 aromatic rings. The fourth-order valence-corrected chi connectivity index (χ4v) is 1.57. The number of rotatable bonds is 6. The monoisotopic (exact) mass is 351 g/mol. The molecule has 0 radical (unpaired) electrons. The van der Waals surface area contributed by atoms with Crippen molar-refractivity contribution in [1.29, 1.82) is 0 Å². The lowest BCUT2D eigenvalue weighted by molar-refractivity contribution is -0.384. The second-order valence-electron chi connectivity index (χ2n) is 4.19. The van der Waals surface area contributed by atoms with E-state index in [1.807, 2.05) is 0 Å². The largest absolute Gasteiger partial charge is 0.425 e. The highest BCUT2D eigenvalue weighted by atomic mass is 35.5. The molecular formula is C11H8ClF6NO3. The third kappa shape index (κ3) is 4.73. The highest BCUT2D eigenvalue weighted by Crippen LogP contribution is 2.35. The van der Waals surface area contributed by atoms with Crippen molar-refractivity contribution < 1.29 is 36.0 Å². The first kappa shape index (κ1) is 18.5. The van der Waals surface area contributed by atoms with Gasteiger partial charge >= 0.3 is 12.1 Å². The van der Waals surface area contributed by atoms with E-state index in [2.05, 4.69) is 4.74 Å². The molecule has 22 heavy (non-hydrogen) atoms. The maximum Gasteiger partial charge on any atom is 0.425 e. The van der Waals surface area contributed by atoms with Gasteiger partial charge in [-0.1, -0.05) is 11.6 Å². The molecule has 0 spiro atoms. The summed E-state index contributed by atoms with van der Waals surface area (Å²) in [5, 5.41) is 10.5. The number of hydrogen-bond donors (Lipinski definition) is 0. The summed E-state index contributed by atoms with van der Waals surface area (Å²) in [7, 11) is 0. The highest BCUT2D eigenvalue weighted by molar-refractivity contribution is 6.31. The average molecular weight is 352 g/mol. The number of non-ortho nitro benzene ring substituents is 1. The Morgan fingerprint density at radius 2 is 1.86 bits per heavy atom. The van der Waals surface area contributed by atoms with Gasteiger partial charge < -0.3 is 4.74 Å². The van der Waals surface area contributed by atoms with E-state index in [4.69, 9.17) is 11.6 Å². The van der Waals surface area contributed by atoms with Crippen LogP contribution < -0.4 is 0 Å². The van der Waals surface area contributed by atoms with E-state index in [-0.39, 0.29) is 10.6 Å². The Hall–Kier alpha value is -1.55. The molecule has 0 aliphatic rings. The molecule has 4 nitrogen and oxygen atoms in total. The van der Waals surface area contributed by atoms with Crippen LogP contribution in [-0.4, -0.2) is 29.8 Å². The molecule has 1 rings (SSSR count). The minimum Gasteiger partial charge on any atom is -0.370 e. The van der Waals surface area contributed by atoms with Crippen LogP contribution >= 0.6 is 11.6 Å². The lowest BCUT2D eigenvalue weighted by atomic mass is 10.2. The molecule has 0 aromatic heterocycles. The third-order valence-corrected chi connectivity index (χ3v) is 2.82. The van der Waals surface area contributed by atoms with Crippen LogP contribution in [0.4, 0.5) is 32.0 Å². The van der Waals surface area contributed by atoms with Gasteiger partial charge in [-0.15, -0.1) is 0 Å². The first-order valence-corrected chi connectivity index (χ1v) is 5.92. The maximum absolute atomic E-state index is 13.0. The molecule has 0 aliphatic heterocycles. The quantitative estimate of drug-likeness (QED) is 0.436. The number of nitrogens with zero attached hydrogens (tertiary/aromatic N) is 1. The van der Waals surface area contributed by atoms with E-state index in [0.29, 0.717) is 0 Å². The summed E-state index contributed by atoms with van der Waals surface area (Å²) >= 11 is 5.64. The number of hydrogen-bond acceptors (Lipinski definition) is 3. The number of nitro groups is 1. The minimum atomic E-state index is -5.73. The second kappa shape index (κ2) is 6.69. The SMILES string of the molecule is O=[N+]([O-])c1ccc(Cl)c(COCC(F)(F)C(F)C(F)(F)F)c1. The molecule has 11 heteroatoms. The number of benzene rings is 1. The summed E-state index contributed by atoms with van der Waals surface area (Å²) in [5.41, 5.74) is -0.498. The van der Waals surface area contributed by atoms with Crippen molar-refractivity contribution in [3.63, 3.8) is 0 Å². The zero-order valence-electron chi connectivity index (χ0n) is 10.5. The Kier molecular flexibility index (Phi) is 5.63. The standard InChI is InChI=1S/C11H8ClF6NO3/c12-8-2-1-7(19(20)21)3-6(8)4-22-5-10(14,15)9(13)11(16,17)18/h1-3,9H,4-5H2. The third-order valence-electron chi connectivity index (χ3n) is 2.45. The molecule has 0 bridgehead atoms. The molecule has 0 fully saturated rings. The van der Waals surface area contributed by atoms with Crippen LogP contribution in [0.5, 0.6) is 0 Å². The number of nitro benzene ring substituents is 1. The first-order valence-electron chi connectivity index (χ1n) is 5.54.